The molecule has 0 bridgehead atoms. The Morgan fingerprint density at radius 1 is 1.23 bits per heavy atom. The molecule has 30 heavy (non-hydrogen) atoms. The largest absolute Gasteiger partial charge is 0.480 e. The van der Waals surface area contributed by atoms with Crippen molar-refractivity contribution in [3.63, 3.8) is 0 Å². The average Bonchev–Trinajstić information content (AvgIpc) is 2.65. The van der Waals surface area contributed by atoms with Gasteiger partial charge in [0, 0.05) is 12.6 Å². The second-order valence-corrected chi connectivity index (χ2v) is 7.82. The molecule has 2 rings (SSSR count). The monoisotopic (exact) mass is 420 g/mol. The Kier molecular flexibility index (Phi) is 8.02. The Morgan fingerprint density at radius 3 is 2.57 bits per heavy atom. The number of carboxylic acids is 1. The molecule has 10 nitrogen and oxygen atoms in total. The van der Waals surface area contributed by atoms with Gasteiger partial charge in [0.1, 0.15) is 18.2 Å². The number of hydrogen-bond acceptors (Lipinski definition) is 7. The van der Waals surface area contributed by atoms with Crippen molar-refractivity contribution in [3.05, 3.63) is 35.9 Å². The Bertz CT molecular complexity index is 775. The first-order chi connectivity index (χ1) is 14.1. The molecular formula is C20H28N4O6. The van der Waals surface area contributed by atoms with E-state index in [1.54, 1.807) is 20.8 Å². The van der Waals surface area contributed by atoms with E-state index < -0.39 is 29.8 Å². The summed E-state index contributed by atoms with van der Waals surface area (Å²) in [6.45, 7) is 5.58. The zero-order chi connectivity index (χ0) is 22.1. The van der Waals surface area contributed by atoms with E-state index in [-0.39, 0.29) is 25.0 Å². The van der Waals surface area contributed by atoms with Crippen molar-refractivity contribution in [2.75, 3.05) is 6.54 Å². The van der Waals surface area contributed by atoms with Crippen molar-refractivity contribution < 1.29 is 29.0 Å². The molecular weight excluding hydrogens is 392 g/mol. The van der Waals surface area contributed by atoms with Crippen LogP contribution in [-0.4, -0.2) is 53.5 Å². The number of rotatable bonds is 6. The quantitative estimate of drug-likeness (QED) is 0.552. The fourth-order valence-corrected chi connectivity index (χ4v) is 2.71. The van der Waals surface area contributed by atoms with Crippen LogP contribution in [0.25, 0.3) is 0 Å². The highest BCUT2D eigenvalue weighted by atomic mass is 16.6. The van der Waals surface area contributed by atoms with Gasteiger partial charge in [0.25, 0.3) is 0 Å². The maximum atomic E-state index is 12.0. The third-order valence-electron chi connectivity index (χ3n) is 4.03. The van der Waals surface area contributed by atoms with E-state index in [2.05, 4.69) is 20.9 Å². The molecule has 0 aromatic heterocycles. The van der Waals surface area contributed by atoms with Gasteiger partial charge in [-0.05, 0) is 39.2 Å². The predicted octanol–water partition coefficient (Wildman–Crippen LogP) is 2.00. The lowest BCUT2D eigenvalue weighted by Crippen LogP contribution is -2.52. The summed E-state index contributed by atoms with van der Waals surface area (Å²) >= 11 is 0. The number of hydrogen-bond donors (Lipinski definition) is 4. The van der Waals surface area contributed by atoms with Crippen molar-refractivity contribution in [2.45, 2.75) is 57.9 Å². The minimum atomic E-state index is -1.18. The van der Waals surface area contributed by atoms with Crippen molar-refractivity contribution in [1.82, 2.24) is 16.0 Å². The smallest absolute Gasteiger partial charge is 0.414 e. The SMILES string of the molecule is CC(C)(C)OC(=O)N[C@@H](C[C@@H]1CCN=C(NC(=O)OCc2ccccc2)N1)C(=O)O. The molecule has 0 spiro atoms. The summed E-state index contributed by atoms with van der Waals surface area (Å²) < 4.78 is 10.3. The number of aliphatic imine (C=N–C) groups is 1. The fraction of sp³-hybridized carbons (Fsp3) is 0.500. The van der Waals surface area contributed by atoms with Crippen LogP contribution >= 0.6 is 0 Å². The molecule has 2 atom stereocenters. The van der Waals surface area contributed by atoms with E-state index in [4.69, 9.17) is 9.47 Å². The van der Waals surface area contributed by atoms with Gasteiger partial charge in [0.15, 0.2) is 0 Å². The van der Waals surface area contributed by atoms with Gasteiger partial charge in [-0.25, -0.2) is 14.4 Å². The standard InChI is InChI=1S/C20H28N4O6/c1-20(2,3)30-19(28)23-15(16(25)26)11-14-9-10-21-17(22-14)24-18(27)29-12-13-7-5-4-6-8-13/h4-8,14-15H,9-12H2,1-3H3,(H,23,28)(H,25,26)(H2,21,22,24,27)/t14-,15-/m0/s1. The van der Waals surface area contributed by atoms with Gasteiger partial charge in [-0.1, -0.05) is 30.3 Å². The second kappa shape index (κ2) is 10.5. The number of benzene rings is 1. The first kappa shape index (κ1) is 23.0. The molecule has 0 unspecified atom stereocenters. The van der Waals surface area contributed by atoms with Crippen molar-refractivity contribution >= 4 is 24.1 Å². The van der Waals surface area contributed by atoms with Crippen LogP contribution in [0.3, 0.4) is 0 Å². The summed E-state index contributed by atoms with van der Waals surface area (Å²) in [6, 6.07) is 7.76. The van der Waals surface area contributed by atoms with Gasteiger partial charge in [-0.2, -0.15) is 0 Å². The Balaban J connectivity index is 1.83. The van der Waals surface area contributed by atoms with Crippen molar-refractivity contribution in [1.29, 1.82) is 0 Å². The fourth-order valence-electron chi connectivity index (χ4n) is 2.71. The third-order valence-corrected chi connectivity index (χ3v) is 4.03. The number of carbonyl (C=O) groups excluding carboxylic acids is 2. The molecule has 0 saturated heterocycles. The van der Waals surface area contributed by atoms with Crippen LogP contribution < -0.4 is 16.0 Å². The summed E-state index contributed by atoms with van der Waals surface area (Å²) in [4.78, 5) is 39.6. The maximum absolute atomic E-state index is 12.0. The lowest BCUT2D eigenvalue weighted by atomic mass is 10.0. The number of alkyl carbamates (subject to hydrolysis) is 2. The summed E-state index contributed by atoms with van der Waals surface area (Å²) in [5.74, 6) is -0.979. The van der Waals surface area contributed by atoms with Crippen LogP contribution in [0.5, 0.6) is 0 Å². The zero-order valence-electron chi connectivity index (χ0n) is 17.3. The van der Waals surface area contributed by atoms with E-state index in [0.29, 0.717) is 13.0 Å². The Labute approximate surface area is 175 Å². The normalized spacial score (nSPS) is 17.0. The van der Waals surface area contributed by atoms with Gasteiger partial charge in [-0.3, -0.25) is 10.3 Å². The summed E-state index contributed by atoms with van der Waals surface area (Å²) in [5, 5.41) is 17.3. The van der Waals surface area contributed by atoms with Crippen LogP contribution in [-0.2, 0) is 20.9 Å². The highest BCUT2D eigenvalue weighted by Crippen LogP contribution is 2.10. The molecule has 4 N–H and O–H groups in total. The van der Waals surface area contributed by atoms with E-state index in [9.17, 15) is 19.5 Å². The highest BCUT2D eigenvalue weighted by molar-refractivity contribution is 5.94. The number of nitrogens with one attached hydrogen (secondary N) is 3. The first-order valence-electron chi connectivity index (χ1n) is 9.63. The van der Waals surface area contributed by atoms with Crippen LogP contribution in [0.4, 0.5) is 9.59 Å². The van der Waals surface area contributed by atoms with Crippen LogP contribution in [0, 0.1) is 0 Å². The predicted molar refractivity (Wildman–Crippen MR) is 109 cm³/mol. The number of carboxylic acid groups (broad SMARTS) is 1. The van der Waals surface area contributed by atoms with Gasteiger partial charge < -0.3 is 25.2 Å². The number of ether oxygens (including phenoxy) is 2. The van der Waals surface area contributed by atoms with E-state index in [1.807, 2.05) is 30.3 Å². The minimum Gasteiger partial charge on any atom is -0.480 e. The third kappa shape index (κ3) is 8.38. The van der Waals surface area contributed by atoms with Gasteiger partial charge in [-0.15, -0.1) is 0 Å². The molecule has 164 valence electrons. The summed E-state index contributed by atoms with van der Waals surface area (Å²) in [7, 11) is 0. The lowest BCUT2D eigenvalue weighted by molar-refractivity contribution is -0.139. The average molecular weight is 420 g/mol. The summed E-state index contributed by atoms with van der Waals surface area (Å²) in [5.41, 5.74) is 0.113. The molecule has 1 aliphatic heterocycles. The number of carbonyl (C=O) groups is 3. The number of amides is 2. The number of nitrogens with zero attached hydrogens (tertiary/aromatic N) is 1. The minimum absolute atomic E-state index is 0.0916. The van der Waals surface area contributed by atoms with Crippen LogP contribution in [0.1, 0.15) is 39.2 Å². The second-order valence-electron chi connectivity index (χ2n) is 7.82. The molecule has 2 amide bonds. The zero-order valence-corrected chi connectivity index (χ0v) is 17.3. The lowest BCUT2D eigenvalue weighted by Gasteiger charge is -2.28. The molecule has 1 aliphatic rings. The van der Waals surface area contributed by atoms with Crippen LogP contribution in [0.15, 0.2) is 35.3 Å². The number of aliphatic carboxylic acids is 1. The van der Waals surface area contributed by atoms with Crippen molar-refractivity contribution in [2.24, 2.45) is 4.99 Å². The van der Waals surface area contributed by atoms with Gasteiger partial charge >= 0.3 is 18.2 Å². The topological polar surface area (TPSA) is 138 Å². The highest BCUT2D eigenvalue weighted by Gasteiger charge is 2.28. The first-order valence-corrected chi connectivity index (χ1v) is 9.63. The van der Waals surface area contributed by atoms with Crippen molar-refractivity contribution in [3.8, 4) is 0 Å². The molecule has 0 fully saturated rings. The summed E-state index contributed by atoms with van der Waals surface area (Å²) in [6.07, 6.45) is -0.840. The molecule has 0 aliphatic carbocycles. The molecule has 0 radical (unpaired) electrons. The van der Waals surface area contributed by atoms with Gasteiger partial charge in [0.05, 0.1) is 0 Å². The maximum Gasteiger partial charge on any atom is 0.414 e. The molecule has 10 heteroatoms. The molecule has 1 aromatic carbocycles. The molecule has 1 aromatic rings. The van der Waals surface area contributed by atoms with E-state index in [1.165, 1.54) is 0 Å². The van der Waals surface area contributed by atoms with Crippen LogP contribution in [0.2, 0.25) is 0 Å². The Morgan fingerprint density at radius 2 is 1.93 bits per heavy atom. The van der Waals surface area contributed by atoms with E-state index >= 15 is 0 Å². The molecule has 1 heterocycles. The van der Waals surface area contributed by atoms with Gasteiger partial charge in [0.2, 0.25) is 5.96 Å². The molecule has 0 saturated carbocycles. The Hall–Kier alpha value is -3.30. The van der Waals surface area contributed by atoms with E-state index in [0.717, 1.165) is 5.56 Å². The number of guanidine groups is 1.